The van der Waals surface area contributed by atoms with Crippen LogP contribution >= 0.6 is 0 Å². The number of likely N-dealkylation sites (N-methyl/N-ethyl adjacent to an activating group) is 1. The average molecular weight is 170 g/mol. The second-order valence-electron chi connectivity index (χ2n) is 4.21. The highest BCUT2D eigenvalue weighted by Crippen LogP contribution is 2.29. The first kappa shape index (κ1) is 10.0. The molecule has 0 aliphatic heterocycles. The Morgan fingerprint density at radius 1 is 1.50 bits per heavy atom. The minimum atomic E-state index is 0.388. The van der Waals surface area contributed by atoms with Crippen molar-refractivity contribution in [3.63, 3.8) is 0 Å². The van der Waals surface area contributed by atoms with Crippen molar-refractivity contribution in [3.05, 3.63) is 0 Å². The average Bonchev–Trinajstić information content (AvgIpc) is 2.71. The zero-order valence-corrected chi connectivity index (χ0v) is 8.42. The molecule has 2 heteroatoms. The fraction of sp³-hybridized carbons (Fsp3) is 1.00. The van der Waals surface area contributed by atoms with Crippen LogP contribution in [0.3, 0.4) is 0 Å². The summed E-state index contributed by atoms with van der Waals surface area (Å²) in [5.41, 5.74) is 5.94. The van der Waals surface area contributed by atoms with Gasteiger partial charge in [-0.15, -0.1) is 0 Å². The van der Waals surface area contributed by atoms with Crippen LogP contribution in [0.25, 0.3) is 0 Å². The monoisotopic (exact) mass is 170 g/mol. The summed E-state index contributed by atoms with van der Waals surface area (Å²) in [4.78, 5) is 2.39. The highest BCUT2D eigenvalue weighted by molar-refractivity contribution is 4.77. The van der Waals surface area contributed by atoms with E-state index in [1.807, 2.05) is 0 Å². The maximum atomic E-state index is 5.94. The number of nitrogens with two attached hydrogens (primary N) is 1. The largest absolute Gasteiger partial charge is 0.327 e. The second kappa shape index (κ2) is 4.83. The molecule has 0 heterocycles. The first-order chi connectivity index (χ1) is 5.72. The molecule has 0 aromatic heterocycles. The number of hydrogen-bond acceptors (Lipinski definition) is 2. The van der Waals surface area contributed by atoms with Gasteiger partial charge in [-0.2, -0.15) is 0 Å². The minimum Gasteiger partial charge on any atom is -0.327 e. The Bertz CT molecular complexity index is 121. The molecule has 1 saturated carbocycles. The smallest absolute Gasteiger partial charge is 0.0167 e. The van der Waals surface area contributed by atoms with Crippen molar-refractivity contribution in [3.8, 4) is 0 Å². The summed E-state index contributed by atoms with van der Waals surface area (Å²) >= 11 is 0. The molecule has 12 heavy (non-hydrogen) atoms. The van der Waals surface area contributed by atoms with Gasteiger partial charge in [-0.25, -0.2) is 0 Å². The van der Waals surface area contributed by atoms with Crippen LogP contribution in [0.2, 0.25) is 0 Å². The van der Waals surface area contributed by atoms with E-state index >= 15 is 0 Å². The topological polar surface area (TPSA) is 29.3 Å². The fourth-order valence-corrected chi connectivity index (χ4v) is 1.68. The van der Waals surface area contributed by atoms with Crippen molar-refractivity contribution < 1.29 is 0 Å². The molecule has 1 atom stereocenters. The van der Waals surface area contributed by atoms with Crippen molar-refractivity contribution in [2.24, 2.45) is 11.7 Å². The van der Waals surface area contributed by atoms with Crippen LogP contribution in [0, 0.1) is 5.92 Å². The van der Waals surface area contributed by atoms with E-state index < -0.39 is 0 Å². The van der Waals surface area contributed by atoms with Crippen LogP contribution in [0.5, 0.6) is 0 Å². The molecule has 1 unspecified atom stereocenters. The van der Waals surface area contributed by atoms with Crippen LogP contribution in [0.1, 0.15) is 32.6 Å². The highest BCUT2D eigenvalue weighted by Gasteiger charge is 2.23. The van der Waals surface area contributed by atoms with E-state index in [0.29, 0.717) is 6.04 Å². The van der Waals surface area contributed by atoms with Gasteiger partial charge in [0.05, 0.1) is 0 Å². The van der Waals surface area contributed by atoms with Crippen LogP contribution in [-0.2, 0) is 0 Å². The second-order valence-corrected chi connectivity index (χ2v) is 4.21. The molecule has 1 aliphatic rings. The van der Waals surface area contributed by atoms with Crippen LogP contribution in [0.4, 0.5) is 0 Å². The number of hydrogen-bond donors (Lipinski definition) is 1. The molecule has 72 valence electrons. The summed E-state index contributed by atoms with van der Waals surface area (Å²) in [7, 11) is 2.19. The van der Waals surface area contributed by atoms with Gasteiger partial charge in [0.25, 0.3) is 0 Å². The Hall–Kier alpha value is -0.0800. The molecule has 0 aromatic carbocycles. The molecular formula is C10H22N2. The SMILES string of the molecule is CCCC(N)CN(C)CC1CC1. The molecular weight excluding hydrogens is 148 g/mol. The van der Waals surface area contributed by atoms with Crippen molar-refractivity contribution in [1.82, 2.24) is 4.90 Å². The van der Waals surface area contributed by atoms with Gasteiger partial charge in [-0.1, -0.05) is 13.3 Å². The Balaban J connectivity index is 2.02. The third-order valence-electron chi connectivity index (χ3n) is 2.47. The molecule has 2 N–H and O–H groups in total. The molecule has 0 radical (unpaired) electrons. The molecule has 0 aromatic rings. The predicted octanol–water partition coefficient (Wildman–Crippen LogP) is 1.46. The zero-order chi connectivity index (χ0) is 8.97. The fourth-order valence-electron chi connectivity index (χ4n) is 1.68. The lowest BCUT2D eigenvalue weighted by Gasteiger charge is -2.20. The summed E-state index contributed by atoms with van der Waals surface area (Å²) in [6.45, 7) is 4.53. The van der Waals surface area contributed by atoms with Crippen molar-refractivity contribution >= 4 is 0 Å². The summed E-state index contributed by atoms with van der Waals surface area (Å²) < 4.78 is 0. The summed E-state index contributed by atoms with van der Waals surface area (Å²) in [5.74, 6) is 0.990. The lowest BCUT2D eigenvalue weighted by Crippen LogP contribution is -2.36. The van der Waals surface area contributed by atoms with E-state index in [0.717, 1.165) is 18.9 Å². The predicted molar refractivity (Wildman–Crippen MR) is 53.1 cm³/mol. The summed E-state index contributed by atoms with van der Waals surface area (Å²) in [6.07, 6.45) is 5.24. The maximum Gasteiger partial charge on any atom is 0.0167 e. The Morgan fingerprint density at radius 2 is 2.17 bits per heavy atom. The number of rotatable bonds is 6. The summed E-state index contributed by atoms with van der Waals surface area (Å²) in [6, 6.07) is 0.388. The molecule has 1 aliphatic carbocycles. The molecule has 0 spiro atoms. The molecule has 0 saturated heterocycles. The van der Waals surface area contributed by atoms with Crippen molar-refractivity contribution in [2.75, 3.05) is 20.1 Å². The van der Waals surface area contributed by atoms with Gasteiger partial charge >= 0.3 is 0 Å². The van der Waals surface area contributed by atoms with Gasteiger partial charge in [-0.05, 0) is 32.2 Å². The minimum absolute atomic E-state index is 0.388. The molecule has 0 amide bonds. The molecule has 2 nitrogen and oxygen atoms in total. The van der Waals surface area contributed by atoms with Crippen molar-refractivity contribution in [2.45, 2.75) is 38.6 Å². The normalized spacial score (nSPS) is 20.0. The van der Waals surface area contributed by atoms with E-state index in [2.05, 4.69) is 18.9 Å². The molecule has 0 bridgehead atoms. The van der Waals surface area contributed by atoms with Gasteiger partial charge in [0.2, 0.25) is 0 Å². The standard InChI is InChI=1S/C10H22N2/c1-3-4-10(11)8-12(2)7-9-5-6-9/h9-10H,3-8,11H2,1-2H3. The third kappa shape index (κ3) is 4.07. The van der Waals surface area contributed by atoms with E-state index in [1.54, 1.807) is 0 Å². The Morgan fingerprint density at radius 3 is 2.67 bits per heavy atom. The Labute approximate surface area is 76.1 Å². The molecule has 1 fully saturated rings. The van der Waals surface area contributed by atoms with Crippen LogP contribution < -0.4 is 5.73 Å². The van der Waals surface area contributed by atoms with E-state index in [1.165, 1.54) is 25.8 Å². The number of nitrogens with zero attached hydrogens (tertiary/aromatic N) is 1. The van der Waals surface area contributed by atoms with Gasteiger partial charge in [0, 0.05) is 19.1 Å². The van der Waals surface area contributed by atoms with E-state index in [-0.39, 0.29) is 0 Å². The summed E-state index contributed by atoms with van der Waals surface area (Å²) in [5, 5.41) is 0. The lowest BCUT2D eigenvalue weighted by atomic mass is 10.2. The van der Waals surface area contributed by atoms with Gasteiger partial charge in [0.1, 0.15) is 0 Å². The first-order valence-corrected chi connectivity index (χ1v) is 5.16. The Kier molecular flexibility index (Phi) is 4.02. The van der Waals surface area contributed by atoms with Gasteiger partial charge in [-0.3, -0.25) is 0 Å². The van der Waals surface area contributed by atoms with Crippen LogP contribution in [0.15, 0.2) is 0 Å². The van der Waals surface area contributed by atoms with Gasteiger partial charge in [0.15, 0.2) is 0 Å². The first-order valence-electron chi connectivity index (χ1n) is 5.16. The van der Waals surface area contributed by atoms with E-state index in [9.17, 15) is 0 Å². The lowest BCUT2D eigenvalue weighted by molar-refractivity contribution is 0.293. The maximum absolute atomic E-state index is 5.94. The van der Waals surface area contributed by atoms with Crippen molar-refractivity contribution in [1.29, 1.82) is 0 Å². The zero-order valence-electron chi connectivity index (χ0n) is 8.42. The quantitative estimate of drug-likeness (QED) is 0.654. The highest BCUT2D eigenvalue weighted by atomic mass is 15.1. The van der Waals surface area contributed by atoms with Gasteiger partial charge < -0.3 is 10.6 Å². The third-order valence-corrected chi connectivity index (χ3v) is 2.47. The van der Waals surface area contributed by atoms with E-state index in [4.69, 9.17) is 5.73 Å². The molecule has 1 rings (SSSR count). The van der Waals surface area contributed by atoms with Crippen LogP contribution in [-0.4, -0.2) is 31.1 Å².